The number of hydrogen-bond donors (Lipinski definition) is 0. The van der Waals surface area contributed by atoms with Crippen molar-refractivity contribution in [1.82, 2.24) is 0 Å². The van der Waals surface area contributed by atoms with Gasteiger partial charge in [0, 0.05) is 12.8 Å². The highest BCUT2D eigenvalue weighted by Gasteiger charge is 2.59. The van der Waals surface area contributed by atoms with Crippen molar-refractivity contribution in [1.29, 1.82) is 0 Å². The fraction of sp³-hybridized carbons (Fsp3) is 0.909. The molecule has 0 radical (unpaired) electrons. The van der Waals surface area contributed by atoms with Gasteiger partial charge in [-0.2, -0.15) is 0 Å². The maximum Gasteiger partial charge on any atom is 0.102 e. The van der Waals surface area contributed by atoms with Gasteiger partial charge in [0.2, 0.25) is 0 Å². The van der Waals surface area contributed by atoms with Crippen LogP contribution in [0.4, 0.5) is 0 Å². The zero-order valence-electron chi connectivity index (χ0n) is 7.65. The monoisotopic (exact) mass is 183 g/mol. The van der Waals surface area contributed by atoms with Crippen molar-refractivity contribution >= 4 is 11.6 Å². The van der Waals surface area contributed by atoms with Crippen molar-refractivity contribution in [3.63, 3.8) is 0 Å². The molecule has 0 amide bonds. The Morgan fingerprint density at radius 2 is 1.75 bits per heavy atom. The van der Waals surface area contributed by atoms with Crippen LogP contribution in [0.1, 0.15) is 39.0 Å². The molecule has 0 aliphatic heterocycles. The Morgan fingerprint density at radius 3 is 2.25 bits per heavy atom. The maximum atomic E-state index is 6.58. The fourth-order valence-corrected chi connectivity index (χ4v) is 4.50. The predicted molar refractivity (Wildman–Crippen MR) is 51.1 cm³/mol. The van der Waals surface area contributed by atoms with Crippen LogP contribution >= 0.6 is 11.6 Å². The lowest BCUT2D eigenvalue weighted by Crippen LogP contribution is -2.50. The number of rotatable bonds is 0. The molecule has 0 saturated heterocycles. The molecule has 12 heavy (non-hydrogen) atoms. The molecule has 4 bridgehead atoms. The van der Waals surface area contributed by atoms with Crippen molar-refractivity contribution in [2.24, 2.45) is 17.8 Å². The third-order valence-electron chi connectivity index (χ3n) is 4.40. The Hall–Kier alpha value is 0.160. The zero-order valence-corrected chi connectivity index (χ0v) is 8.40. The minimum Gasteiger partial charge on any atom is -0.119 e. The predicted octanol–water partition coefficient (Wildman–Crippen LogP) is 3.40. The van der Waals surface area contributed by atoms with Gasteiger partial charge < -0.3 is 0 Å². The molecule has 4 atom stereocenters. The van der Waals surface area contributed by atoms with Crippen molar-refractivity contribution in [3.8, 4) is 0 Å². The van der Waals surface area contributed by atoms with Gasteiger partial charge in [-0.3, -0.25) is 0 Å². The van der Waals surface area contributed by atoms with Crippen LogP contribution in [0.15, 0.2) is 0 Å². The van der Waals surface area contributed by atoms with Crippen LogP contribution < -0.4 is 0 Å². The molecule has 4 aliphatic rings. The van der Waals surface area contributed by atoms with E-state index in [4.69, 9.17) is 11.6 Å². The normalized spacial score (nSPS) is 56.5. The summed E-state index contributed by atoms with van der Waals surface area (Å²) in [5.74, 6) is 4.55. The molecule has 0 spiro atoms. The lowest BCUT2D eigenvalue weighted by Gasteiger charge is -2.51. The summed E-state index contributed by atoms with van der Waals surface area (Å²) >= 11 is 6.58. The van der Waals surface area contributed by atoms with Crippen molar-refractivity contribution < 1.29 is 0 Å². The van der Waals surface area contributed by atoms with E-state index < -0.39 is 0 Å². The Bertz CT molecular complexity index is 195. The number of halogens is 1. The van der Waals surface area contributed by atoms with Crippen LogP contribution in [0.2, 0.25) is 0 Å². The van der Waals surface area contributed by atoms with Crippen molar-refractivity contribution in [2.75, 3.05) is 0 Å². The van der Waals surface area contributed by atoms with E-state index in [9.17, 15) is 0 Å². The van der Waals surface area contributed by atoms with Crippen LogP contribution in [-0.4, -0.2) is 4.87 Å². The molecule has 0 aromatic heterocycles. The summed E-state index contributed by atoms with van der Waals surface area (Å²) in [5, 5.41) is 0. The molecule has 0 aromatic rings. The molecule has 4 saturated carbocycles. The van der Waals surface area contributed by atoms with E-state index in [1.54, 1.807) is 5.92 Å². The first-order chi connectivity index (χ1) is 5.66. The van der Waals surface area contributed by atoms with E-state index >= 15 is 0 Å². The summed E-state index contributed by atoms with van der Waals surface area (Å²) in [6.45, 7) is 2.37. The summed E-state index contributed by atoms with van der Waals surface area (Å²) in [6.07, 6.45) is 6.79. The van der Waals surface area contributed by atoms with E-state index in [1.807, 2.05) is 0 Å². The molecule has 0 N–H and O–H groups in total. The molecule has 0 heterocycles. The molecular weight excluding hydrogens is 168 g/mol. The average molecular weight is 184 g/mol. The second kappa shape index (κ2) is 2.15. The van der Waals surface area contributed by atoms with Gasteiger partial charge in [-0.25, -0.2) is 0 Å². The van der Waals surface area contributed by atoms with Crippen LogP contribution in [0.5, 0.6) is 0 Å². The molecule has 4 rings (SSSR count). The lowest BCUT2D eigenvalue weighted by atomic mass is 9.52. The van der Waals surface area contributed by atoms with E-state index in [1.165, 1.54) is 32.1 Å². The Morgan fingerprint density at radius 1 is 1.17 bits per heavy atom. The standard InChI is InChI=1S/C11H16Cl/c1-7-9-2-8-3-10(7)6-11(12,4-8)5-9/h8-10H,2-6H2,1H3/q+1/t8?,9-,10+,11?. The Labute approximate surface area is 79.7 Å². The highest BCUT2D eigenvalue weighted by molar-refractivity contribution is 6.24. The SMILES string of the molecule is C[C+]1[C@@H]2CC3C[C@H]1CC(Cl)(C3)C2. The van der Waals surface area contributed by atoms with Crippen LogP contribution in [0.25, 0.3) is 0 Å². The molecule has 4 fully saturated rings. The number of alkyl halides is 1. The van der Waals surface area contributed by atoms with Crippen molar-refractivity contribution in [2.45, 2.75) is 43.9 Å². The summed E-state index contributed by atoms with van der Waals surface area (Å²) in [7, 11) is 0. The minimum absolute atomic E-state index is 0.232. The molecule has 66 valence electrons. The first-order valence-electron chi connectivity index (χ1n) is 5.18. The fourth-order valence-electron chi connectivity index (χ4n) is 3.91. The second-order valence-electron chi connectivity index (χ2n) is 5.24. The molecule has 2 unspecified atom stereocenters. The van der Waals surface area contributed by atoms with Gasteiger partial charge in [0.25, 0.3) is 0 Å². The molecule has 0 nitrogen and oxygen atoms in total. The van der Waals surface area contributed by atoms with Gasteiger partial charge in [-0.1, -0.05) is 0 Å². The third-order valence-corrected chi connectivity index (χ3v) is 4.87. The summed E-state index contributed by atoms with van der Waals surface area (Å²) in [5.41, 5.74) is 0. The smallest absolute Gasteiger partial charge is 0.102 e. The van der Waals surface area contributed by atoms with Gasteiger partial charge in [0.15, 0.2) is 0 Å². The van der Waals surface area contributed by atoms with Gasteiger partial charge in [-0.05, 0) is 25.2 Å². The van der Waals surface area contributed by atoms with Crippen molar-refractivity contribution in [3.05, 3.63) is 5.92 Å². The molecular formula is C11H16Cl+. The third kappa shape index (κ3) is 0.878. The minimum atomic E-state index is 0.232. The number of hydrogen-bond acceptors (Lipinski definition) is 0. The van der Waals surface area contributed by atoms with Crippen LogP contribution in [-0.2, 0) is 0 Å². The van der Waals surface area contributed by atoms with Crippen LogP contribution in [0.3, 0.4) is 0 Å². The highest BCUT2D eigenvalue weighted by Crippen LogP contribution is 2.61. The first-order valence-corrected chi connectivity index (χ1v) is 5.56. The van der Waals surface area contributed by atoms with E-state index in [0.717, 1.165) is 17.8 Å². The Balaban J connectivity index is 1.95. The highest BCUT2D eigenvalue weighted by atomic mass is 35.5. The summed E-state index contributed by atoms with van der Waals surface area (Å²) in [4.78, 5) is 0.232. The maximum absolute atomic E-state index is 6.58. The first kappa shape index (κ1) is 7.55. The summed E-state index contributed by atoms with van der Waals surface area (Å²) < 4.78 is 0. The quantitative estimate of drug-likeness (QED) is 0.399. The summed E-state index contributed by atoms with van der Waals surface area (Å²) in [6, 6.07) is 0. The molecule has 1 heteroatoms. The molecule has 4 aliphatic carbocycles. The van der Waals surface area contributed by atoms with Gasteiger partial charge in [0.1, 0.15) is 11.8 Å². The van der Waals surface area contributed by atoms with E-state index in [-0.39, 0.29) is 4.87 Å². The van der Waals surface area contributed by atoms with Gasteiger partial charge in [0.05, 0.1) is 17.7 Å². The second-order valence-corrected chi connectivity index (χ2v) is 6.04. The molecule has 0 aromatic carbocycles. The topological polar surface area (TPSA) is 0 Å². The van der Waals surface area contributed by atoms with E-state index in [2.05, 4.69) is 6.92 Å². The average Bonchev–Trinajstić information content (AvgIpc) is 1.96. The van der Waals surface area contributed by atoms with Gasteiger partial charge >= 0.3 is 0 Å². The largest absolute Gasteiger partial charge is 0.119 e. The lowest BCUT2D eigenvalue weighted by molar-refractivity contribution is 0.0594. The van der Waals surface area contributed by atoms with Crippen LogP contribution in [0, 0.1) is 23.7 Å². The van der Waals surface area contributed by atoms with Gasteiger partial charge in [-0.15, -0.1) is 11.6 Å². The van der Waals surface area contributed by atoms with E-state index in [0.29, 0.717) is 0 Å². The Kier molecular flexibility index (Phi) is 1.35. The zero-order chi connectivity index (χ0) is 8.34.